The third kappa shape index (κ3) is 4.39. The fourth-order valence-electron chi connectivity index (χ4n) is 3.65. The van der Waals surface area contributed by atoms with Gasteiger partial charge in [0.05, 0.1) is 13.2 Å². The van der Waals surface area contributed by atoms with Crippen LogP contribution in [0.15, 0.2) is 12.1 Å². The zero-order valence-electron chi connectivity index (χ0n) is 18.4. The molecule has 2 aliphatic heterocycles. The minimum absolute atomic E-state index is 0.0435. The molecule has 30 heavy (non-hydrogen) atoms. The van der Waals surface area contributed by atoms with Crippen molar-refractivity contribution in [2.24, 2.45) is 5.92 Å². The molecule has 0 saturated carbocycles. The normalized spacial score (nSPS) is 22.0. The Kier molecular flexibility index (Phi) is 6.29. The van der Waals surface area contributed by atoms with E-state index in [0.29, 0.717) is 29.8 Å². The monoisotopic (exact) mass is 419 g/mol. The van der Waals surface area contributed by atoms with Crippen LogP contribution in [0.3, 0.4) is 0 Å². The zero-order valence-corrected chi connectivity index (χ0v) is 18.4. The zero-order chi connectivity index (χ0) is 22.3. The summed E-state index contributed by atoms with van der Waals surface area (Å²) in [5.41, 5.74) is 1.23. The second kappa shape index (κ2) is 8.30. The van der Waals surface area contributed by atoms with E-state index >= 15 is 0 Å². The summed E-state index contributed by atoms with van der Waals surface area (Å²) >= 11 is 0. The van der Waals surface area contributed by atoms with Gasteiger partial charge in [-0.3, -0.25) is 4.79 Å². The second-order valence-electron chi connectivity index (χ2n) is 8.83. The van der Waals surface area contributed by atoms with Crippen molar-refractivity contribution in [1.82, 2.24) is 5.32 Å². The van der Waals surface area contributed by atoms with Gasteiger partial charge in [0.2, 0.25) is 0 Å². The van der Waals surface area contributed by atoms with Crippen LogP contribution in [0, 0.1) is 12.8 Å². The lowest BCUT2D eigenvalue weighted by Crippen LogP contribution is -2.57. The van der Waals surface area contributed by atoms with Crippen molar-refractivity contribution >= 4 is 24.5 Å². The van der Waals surface area contributed by atoms with Gasteiger partial charge in [0.1, 0.15) is 18.2 Å². The molecule has 2 aliphatic rings. The molecule has 2 N–H and O–H groups in total. The molecule has 164 valence electrons. The average Bonchev–Trinajstić information content (AvgIpc) is 3.21. The number of esters is 1. The number of nitrogens with one attached hydrogen (secondary N) is 1. The summed E-state index contributed by atoms with van der Waals surface area (Å²) in [6.07, 6.45) is -0.350. The van der Waals surface area contributed by atoms with Gasteiger partial charge in [-0.25, -0.2) is 4.79 Å². The second-order valence-corrected chi connectivity index (χ2v) is 8.83. The van der Waals surface area contributed by atoms with Gasteiger partial charge in [-0.15, -0.1) is 0 Å². The van der Waals surface area contributed by atoms with E-state index in [1.54, 1.807) is 39.8 Å². The van der Waals surface area contributed by atoms with Crippen molar-refractivity contribution in [3.8, 4) is 0 Å². The number of carbonyl (C=O) groups is 2. The highest BCUT2D eigenvalue weighted by molar-refractivity contribution is 6.62. The Balaban J connectivity index is 1.72. The van der Waals surface area contributed by atoms with Crippen LogP contribution < -0.4 is 10.8 Å². The lowest BCUT2D eigenvalue weighted by Gasteiger charge is -2.33. The summed E-state index contributed by atoms with van der Waals surface area (Å²) in [6.45, 7) is 11.4. The van der Waals surface area contributed by atoms with E-state index < -0.39 is 30.3 Å². The fourth-order valence-corrected chi connectivity index (χ4v) is 3.65. The highest BCUT2D eigenvalue weighted by atomic mass is 16.7. The molecule has 1 saturated heterocycles. The molecule has 0 unspecified atom stereocenters. The predicted molar refractivity (Wildman–Crippen MR) is 110 cm³/mol. The van der Waals surface area contributed by atoms with Crippen LogP contribution in [0.25, 0.3) is 0 Å². The van der Waals surface area contributed by atoms with Gasteiger partial charge in [0.15, 0.2) is 5.79 Å². The highest BCUT2D eigenvalue weighted by Gasteiger charge is 2.42. The topological polar surface area (TPSA) is 103 Å². The van der Waals surface area contributed by atoms with Crippen molar-refractivity contribution in [2.45, 2.75) is 65.6 Å². The Morgan fingerprint density at radius 1 is 1.40 bits per heavy atom. The van der Waals surface area contributed by atoms with E-state index in [1.807, 2.05) is 13.8 Å². The number of hydrogen-bond donors (Lipinski definition) is 2. The summed E-state index contributed by atoms with van der Waals surface area (Å²) in [5.74, 6) is -1.88. The van der Waals surface area contributed by atoms with Gasteiger partial charge in [0, 0.05) is 5.56 Å². The molecule has 0 spiro atoms. The number of ether oxygens (including phenoxy) is 3. The van der Waals surface area contributed by atoms with Crippen molar-refractivity contribution in [1.29, 1.82) is 0 Å². The van der Waals surface area contributed by atoms with Gasteiger partial charge < -0.3 is 29.2 Å². The Morgan fingerprint density at radius 2 is 2.10 bits per heavy atom. The molecule has 0 bridgehead atoms. The molecule has 0 aromatic heterocycles. The van der Waals surface area contributed by atoms with Gasteiger partial charge in [-0.2, -0.15) is 0 Å². The lowest BCUT2D eigenvalue weighted by atomic mass is 9.75. The molecule has 8 nitrogen and oxygen atoms in total. The van der Waals surface area contributed by atoms with Gasteiger partial charge in [-0.1, -0.05) is 19.9 Å². The van der Waals surface area contributed by atoms with E-state index in [2.05, 4.69) is 5.32 Å². The number of rotatable bonds is 6. The maximum Gasteiger partial charge on any atom is 0.492 e. The van der Waals surface area contributed by atoms with Crippen LogP contribution in [0.1, 0.15) is 56.1 Å². The Bertz CT molecular complexity index is 841. The first kappa shape index (κ1) is 22.7. The molecule has 1 fully saturated rings. The van der Waals surface area contributed by atoms with Crippen LogP contribution in [0.2, 0.25) is 0 Å². The van der Waals surface area contributed by atoms with Crippen molar-refractivity contribution in [3.05, 3.63) is 28.8 Å². The molecule has 2 atom stereocenters. The molecular weight excluding hydrogens is 389 g/mol. The first-order valence-electron chi connectivity index (χ1n) is 10.2. The Hall–Kier alpha value is -1.94. The highest BCUT2D eigenvalue weighted by Crippen LogP contribution is 2.25. The van der Waals surface area contributed by atoms with Crippen molar-refractivity contribution in [2.75, 3.05) is 13.2 Å². The van der Waals surface area contributed by atoms with Crippen LogP contribution in [0.5, 0.6) is 0 Å². The van der Waals surface area contributed by atoms with Gasteiger partial charge in [-0.05, 0) is 56.3 Å². The van der Waals surface area contributed by atoms with E-state index in [-0.39, 0.29) is 18.6 Å². The summed E-state index contributed by atoms with van der Waals surface area (Å²) in [7, 11) is -1.05. The first-order chi connectivity index (χ1) is 13.9. The lowest BCUT2D eigenvalue weighted by molar-refractivity contribution is -0.164. The SMILES string of the molecule is Cc1c(C(=O)N[C@@](C)(C(=O)OC[C@@H]2COC(C)(C)O2)C(C)C)ccc2c1B(O)OC2. The standard InChI is InChI=1S/C21H30BNO7/c1-12(2)21(6,19(25)27-10-15-11-28-20(4,5)30-15)23-18(24)16-8-7-14-9-29-22(26)17(14)13(16)3/h7-8,12,15,26H,9-11H2,1-6H3,(H,23,24)/t15-,21-/m1/s1. The molecule has 0 radical (unpaired) electrons. The summed E-state index contributed by atoms with van der Waals surface area (Å²) in [5, 5.41) is 12.9. The van der Waals surface area contributed by atoms with Crippen LogP contribution in [0.4, 0.5) is 0 Å². The van der Waals surface area contributed by atoms with E-state index in [0.717, 1.165) is 5.56 Å². The molecule has 1 amide bonds. The molecular formula is C21H30BNO7. The third-order valence-electron chi connectivity index (χ3n) is 5.91. The van der Waals surface area contributed by atoms with Crippen LogP contribution in [-0.2, 0) is 30.3 Å². The minimum atomic E-state index is -1.24. The smallest absolute Gasteiger partial charge is 0.461 e. The van der Waals surface area contributed by atoms with E-state index in [9.17, 15) is 14.6 Å². The number of hydrogen-bond acceptors (Lipinski definition) is 7. The number of amides is 1. The quantitative estimate of drug-likeness (QED) is 0.525. The van der Waals surface area contributed by atoms with Crippen LogP contribution in [-0.4, -0.2) is 54.7 Å². The number of benzene rings is 1. The maximum absolute atomic E-state index is 13.1. The van der Waals surface area contributed by atoms with Crippen molar-refractivity contribution < 1.29 is 33.5 Å². The van der Waals surface area contributed by atoms with Crippen molar-refractivity contribution in [3.63, 3.8) is 0 Å². The molecule has 0 aliphatic carbocycles. The first-order valence-corrected chi connectivity index (χ1v) is 10.2. The Labute approximate surface area is 177 Å². The minimum Gasteiger partial charge on any atom is -0.461 e. The largest absolute Gasteiger partial charge is 0.492 e. The average molecular weight is 419 g/mol. The summed E-state index contributed by atoms with van der Waals surface area (Å²) in [6, 6.07) is 3.44. The predicted octanol–water partition coefficient (Wildman–Crippen LogP) is 1.05. The summed E-state index contributed by atoms with van der Waals surface area (Å²) in [4.78, 5) is 26.0. The van der Waals surface area contributed by atoms with Gasteiger partial charge in [0.25, 0.3) is 5.91 Å². The number of fused-ring (bicyclic) bond motifs is 1. The van der Waals surface area contributed by atoms with E-state index in [1.165, 1.54) is 0 Å². The molecule has 1 aromatic carbocycles. The Morgan fingerprint density at radius 3 is 2.70 bits per heavy atom. The summed E-state index contributed by atoms with van der Waals surface area (Å²) < 4.78 is 21.9. The molecule has 2 heterocycles. The third-order valence-corrected chi connectivity index (χ3v) is 5.91. The van der Waals surface area contributed by atoms with E-state index in [4.69, 9.17) is 18.9 Å². The molecule has 3 rings (SSSR count). The number of carbonyl (C=O) groups excluding carboxylic acids is 2. The molecule has 1 aromatic rings. The fraction of sp³-hybridized carbons (Fsp3) is 0.619. The van der Waals surface area contributed by atoms with Gasteiger partial charge >= 0.3 is 13.1 Å². The molecule has 9 heteroatoms. The maximum atomic E-state index is 13.1. The van der Waals surface area contributed by atoms with Crippen LogP contribution >= 0.6 is 0 Å².